The summed E-state index contributed by atoms with van der Waals surface area (Å²) < 4.78 is 0. The van der Waals surface area contributed by atoms with Crippen molar-refractivity contribution in [3.8, 4) is 0 Å². The minimum absolute atomic E-state index is 0. The number of hydrogen-bond acceptors (Lipinski definition) is 2. The van der Waals surface area contributed by atoms with Crippen LogP contribution in [-0.2, 0) is 6.42 Å². The lowest BCUT2D eigenvalue weighted by Gasteiger charge is -2.25. The van der Waals surface area contributed by atoms with E-state index in [1.807, 2.05) is 30.3 Å². The van der Waals surface area contributed by atoms with Crippen LogP contribution in [0.5, 0.6) is 0 Å². The third-order valence-electron chi connectivity index (χ3n) is 3.58. The van der Waals surface area contributed by atoms with Gasteiger partial charge in [0.1, 0.15) is 0 Å². The molecule has 4 nitrogen and oxygen atoms in total. The summed E-state index contributed by atoms with van der Waals surface area (Å²) in [6, 6.07) is 9.92. The molecule has 5 heteroatoms. The number of rotatable bonds is 6. The van der Waals surface area contributed by atoms with E-state index >= 15 is 0 Å². The average Bonchev–Trinajstić information content (AvgIpc) is 2.36. The van der Waals surface area contributed by atoms with E-state index in [-0.39, 0.29) is 24.0 Å². The summed E-state index contributed by atoms with van der Waals surface area (Å²) in [4.78, 5) is 4.18. The van der Waals surface area contributed by atoms with Crippen LogP contribution in [0.1, 0.15) is 24.8 Å². The SMILES string of the molecule is I.NC(=NCC(O)Cc1ccccc1)NCC1CCC1. The van der Waals surface area contributed by atoms with E-state index in [0.29, 0.717) is 18.9 Å². The molecule has 4 N–H and O–H groups in total. The fraction of sp³-hybridized carbons (Fsp3) is 0.533. The van der Waals surface area contributed by atoms with Gasteiger partial charge in [-0.25, -0.2) is 0 Å². The number of nitrogens with two attached hydrogens (primary N) is 1. The van der Waals surface area contributed by atoms with Crippen molar-refractivity contribution in [2.45, 2.75) is 31.8 Å². The fourth-order valence-electron chi connectivity index (χ4n) is 2.16. The van der Waals surface area contributed by atoms with Crippen LogP contribution in [0.3, 0.4) is 0 Å². The second-order valence-corrected chi connectivity index (χ2v) is 5.25. The van der Waals surface area contributed by atoms with Gasteiger partial charge in [-0.2, -0.15) is 0 Å². The van der Waals surface area contributed by atoms with Gasteiger partial charge in [0.05, 0.1) is 12.6 Å². The summed E-state index contributed by atoms with van der Waals surface area (Å²) in [6.45, 7) is 1.25. The standard InChI is InChI=1S/C15H23N3O.HI/c16-15(17-10-13-7-4-8-13)18-11-14(19)9-12-5-2-1-3-6-12;/h1-3,5-6,13-14,19H,4,7-11H2,(H3,16,17,18);1H. The molecule has 1 fully saturated rings. The molecule has 0 aromatic heterocycles. The largest absolute Gasteiger partial charge is 0.391 e. The first kappa shape index (κ1) is 17.2. The van der Waals surface area contributed by atoms with Gasteiger partial charge in [0.15, 0.2) is 5.96 Å². The summed E-state index contributed by atoms with van der Waals surface area (Å²) in [6.07, 6.45) is 4.04. The molecule has 1 aromatic rings. The molecule has 0 bridgehead atoms. The smallest absolute Gasteiger partial charge is 0.188 e. The van der Waals surface area contributed by atoms with Crippen molar-refractivity contribution in [3.63, 3.8) is 0 Å². The van der Waals surface area contributed by atoms with Crippen LogP contribution in [0, 0.1) is 5.92 Å². The molecule has 2 rings (SSSR count). The summed E-state index contributed by atoms with van der Waals surface area (Å²) in [5.41, 5.74) is 6.89. The number of aliphatic imine (C=N–C) groups is 1. The molecule has 1 aromatic carbocycles. The second-order valence-electron chi connectivity index (χ2n) is 5.25. The highest BCUT2D eigenvalue weighted by Gasteiger charge is 2.16. The van der Waals surface area contributed by atoms with Crippen LogP contribution >= 0.6 is 24.0 Å². The number of hydrogen-bond donors (Lipinski definition) is 3. The van der Waals surface area contributed by atoms with Crippen LogP contribution in [0.25, 0.3) is 0 Å². The number of halogens is 1. The lowest BCUT2D eigenvalue weighted by atomic mass is 9.85. The molecule has 1 atom stereocenters. The quantitative estimate of drug-likeness (QED) is 0.396. The van der Waals surface area contributed by atoms with Crippen molar-refractivity contribution < 1.29 is 5.11 Å². The number of aliphatic hydroxyl groups is 1. The Labute approximate surface area is 137 Å². The van der Waals surface area contributed by atoms with Crippen LogP contribution in [0.4, 0.5) is 0 Å². The topological polar surface area (TPSA) is 70.6 Å². The highest BCUT2D eigenvalue weighted by atomic mass is 127. The monoisotopic (exact) mass is 389 g/mol. The van der Waals surface area contributed by atoms with Gasteiger partial charge >= 0.3 is 0 Å². The van der Waals surface area contributed by atoms with Gasteiger partial charge in [-0.3, -0.25) is 4.99 Å². The van der Waals surface area contributed by atoms with Gasteiger partial charge < -0.3 is 16.2 Å². The Morgan fingerprint density at radius 3 is 2.65 bits per heavy atom. The van der Waals surface area contributed by atoms with Crippen LogP contribution in [-0.4, -0.2) is 30.3 Å². The summed E-state index contributed by atoms with van der Waals surface area (Å²) in [5, 5.41) is 13.0. The third kappa shape index (κ3) is 6.09. The van der Waals surface area contributed by atoms with Gasteiger partial charge in [0, 0.05) is 13.0 Å². The first-order valence-electron chi connectivity index (χ1n) is 7.00. The molecular formula is C15H24IN3O. The van der Waals surface area contributed by atoms with Crippen LogP contribution < -0.4 is 11.1 Å². The molecule has 112 valence electrons. The Morgan fingerprint density at radius 2 is 2.05 bits per heavy atom. The molecule has 1 unspecified atom stereocenters. The summed E-state index contributed by atoms with van der Waals surface area (Å²) >= 11 is 0. The molecule has 1 aliphatic carbocycles. The second kappa shape index (κ2) is 9.18. The molecule has 0 aliphatic heterocycles. The predicted octanol–water partition coefficient (Wildman–Crippen LogP) is 1.91. The molecule has 0 saturated heterocycles. The van der Waals surface area contributed by atoms with Crippen LogP contribution in [0.2, 0.25) is 0 Å². The average molecular weight is 389 g/mol. The van der Waals surface area contributed by atoms with Crippen molar-refractivity contribution in [3.05, 3.63) is 35.9 Å². The maximum absolute atomic E-state index is 9.90. The van der Waals surface area contributed by atoms with Crippen LogP contribution in [0.15, 0.2) is 35.3 Å². The van der Waals surface area contributed by atoms with Gasteiger partial charge in [-0.05, 0) is 24.3 Å². The summed E-state index contributed by atoms with van der Waals surface area (Å²) in [5.74, 6) is 1.20. The lowest BCUT2D eigenvalue weighted by molar-refractivity contribution is 0.184. The highest BCUT2D eigenvalue weighted by Crippen LogP contribution is 2.24. The molecule has 0 spiro atoms. The maximum atomic E-state index is 9.90. The maximum Gasteiger partial charge on any atom is 0.188 e. The molecule has 0 heterocycles. The number of aliphatic hydroxyl groups excluding tert-OH is 1. The summed E-state index contributed by atoms with van der Waals surface area (Å²) in [7, 11) is 0. The first-order valence-corrected chi connectivity index (χ1v) is 7.00. The van der Waals surface area contributed by atoms with Gasteiger partial charge in [-0.1, -0.05) is 36.8 Å². The highest BCUT2D eigenvalue weighted by molar-refractivity contribution is 14.0. The minimum atomic E-state index is -0.480. The van der Waals surface area contributed by atoms with E-state index in [1.165, 1.54) is 19.3 Å². The third-order valence-corrected chi connectivity index (χ3v) is 3.58. The first-order chi connectivity index (χ1) is 9.24. The number of benzene rings is 1. The number of nitrogens with one attached hydrogen (secondary N) is 1. The molecule has 20 heavy (non-hydrogen) atoms. The van der Waals surface area contributed by atoms with E-state index < -0.39 is 6.10 Å². The van der Waals surface area contributed by atoms with E-state index in [4.69, 9.17) is 5.73 Å². The minimum Gasteiger partial charge on any atom is -0.391 e. The van der Waals surface area contributed by atoms with E-state index in [2.05, 4.69) is 10.3 Å². The van der Waals surface area contributed by atoms with E-state index in [9.17, 15) is 5.11 Å². The van der Waals surface area contributed by atoms with Crippen molar-refractivity contribution in [1.82, 2.24) is 5.32 Å². The molecule has 1 saturated carbocycles. The Kier molecular flexibility index (Phi) is 7.91. The zero-order chi connectivity index (χ0) is 13.5. The molecule has 0 radical (unpaired) electrons. The van der Waals surface area contributed by atoms with Gasteiger partial charge in [-0.15, -0.1) is 24.0 Å². The Bertz CT molecular complexity index is 407. The van der Waals surface area contributed by atoms with Crippen molar-refractivity contribution in [2.24, 2.45) is 16.6 Å². The predicted molar refractivity (Wildman–Crippen MR) is 93.4 cm³/mol. The Hall–Kier alpha value is -0.820. The molecule has 1 aliphatic rings. The Balaban J connectivity index is 0.00000200. The number of guanidine groups is 1. The molecule has 0 amide bonds. The van der Waals surface area contributed by atoms with Gasteiger partial charge in [0.25, 0.3) is 0 Å². The normalized spacial score (nSPS) is 16.9. The van der Waals surface area contributed by atoms with Crippen molar-refractivity contribution in [1.29, 1.82) is 0 Å². The Morgan fingerprint density at radius 1 is 1.35 bits per heavy atom. The van der Waals surface area contributed by atoms with E-state index in [1.54, 1.807) is 0 Å². The fourth-order valence-corrected chi connectivity index (χ4v) is 2.16. The van der Waals surface area contributed by atoms with E-state index in [0.717, 1.165) is 18.0 Å². The van der Waals surface area contributed by atoms with Crippen molar-refractivity contribution in [2.75, 3.05) is 13.1 Å². The molecular weight excluding hydrogens is 365 g/mol. The zero-order valence-electron chi connectivity index (χ0n) is 11.7. The number of nitrogens with zero attached hydrogens (tertiary/aromatic N) is 1. The van der Waals surface area contributed by atoms with Gasteiger partial charge in [0.2, 0.25) is 0 Å². The van der Waals surface area contributed by atoms with Crippen molar-refractivity contribution >= 4 is 29.9 Å². The zero-order valence-corrected chi connectivity index (χ0v) is 14.0. The lowest BCUT2D eigenvalue weighted by Crippen LogP contribution is -2.37.